The summed E-state index contributed by atoms with van der Waals surface area (Å²) in [6.45, 7) is 7.21. The molecular weight excluding hydrogens is 521 g/mol. The zero-order valence-corrected chi connectivity index (χ0v) is 23.8. The summed E-state index contributed by atoms with van der Waals surface area (Å²) in [7, 11) is -3.79. The minimum atomic E-state index is -3.79. The lowest BCUT2D eigenvalue weighted by molar-refractivity contribution is -0.140. The summed E-state index contributed by atoms with van der Waals surface area (Å²) in [5.74, 6) is -0.788. The molecule has 0 saturated heterocycles. The number of rotatable bonds is 12. The van der Waals surface area contributed by atoms with Crippen LogP contribution in [0.3, 0.4) is 0 Å². The molecule has 0 unspecified atom stereocenters. The predicted octanol–water partition coefficient (Wildman–Crippen LogP) is 5.04. The first-order valence-electron chi connectivity index (χ1n) is 12.0. The highest BCUT2D eigenvalue weighted by molar-refractivity contribution is 7.92. The Balaban J connectivity index is 2.50. The predicted molar refractivity (Wildman–Crippen MR) is 147 cm³/mol. The zero-order chi connectivity index (χ0) is 27.0. The summed E-state index contributed by atoms with van der Waals surface area (Å²) >= 11 is 12.3. The molecule has 0 bridgehead atoms. The van der Waals surface area contributed by atoms with Gasteiger partial charge < -0.3 is 10.2 Å². The zero-order valence-electron chi connectivity index (χ0n) is 21.4. The average molecular weight is 557 g/mol. The van der Waals surface area contributed by atoms with Gasteiger partial charge in [-0.15, -0.1) is 0 Å². The number of nitrogens with one attached hydrogen (secondary N) is 1. The number of hydrogen-bond donors (Lipinski definition) is 1. The molecule has 0 saturated carbocycles. The topological polar surface area (TPSA) is 86.8 Å². The van der Waals surface area contributed by atoms with Gasteiger partial charge in [0.2, 0.25) is 21.8 Å². The molecule has 0 aliphatic rings. The van der Waals surface area contributed by atoms with Crippen molar-refractivity contribution >= 4 is 50.7 Å². The summed E-state index contributed by atoms with van der Waals surface area (Å²) in [6, 6.07) is 11.2. The second kappa shape index (κ2) is 13.3. The van der Waals surface area contributed by atoms with Crippen molar-refractivity contribution in [1.82, 2.24) is 10.2 Å². The lowest BCUT2D eigenvalue weighted by atomic mass is 10.1. The van der Waals surface area contributed by atoms with Crippen LogP contribution in [0.25, 0.3) is 0 Å². The van der Waals surface area contributed by atoms with Gasteiger partial charge in [-0.2, -0.15) is 0 Å². The lowest BCUT2D eigenvalue weighted by Crippen LogP contribution is -2.53. The SMILES string of the molecule is CCc1ccccc1N(CC(=O)N(Cc1ccc(Cl)c(Cl)c1)[C@H](CC)C(=O)N[C@H](C)CC)S(C)(=O)=O. The van der Waals surface area contributed by atoms with Crippen LogP contribution in [0.5, 0.6) is 0 Å². The molecular formula is C26H35Cl2N3O4S. The van der Waals surface area contributed by atoms with Crippen molar-refractivity contribution < 1.29 is 18.0 Å². The maximum Gasteiger partial charge on any atom is 0.244 e. The van der Waals surface area contributed by atoms with Gasteiger partial charge in [0.25, 0.3) is 0 Å². The quantitative estimate of drug-likeness (QED) is 0.397. The van der Waals surface area contributed by atoms with Gasteiger partial charge in [-0.05, 0) is 55.5 Å². The lowest BCUT2D eigenvalue weighted by Gasteiger charge is -2.33. The van der Waals surface area contributed by atoms with Crippen molar-refractivity contribution in [3.8, 4) is 0 Å². The van der Waals surface area contributed by atoms with Crippen LogP contribution < -0.4 is 9.62 Å². The molecule has 2 atom stereocenters. The Labute approximate surface area is 224 Å². The molecule has 0 aliphatic carbocycles. The molecule has 10 heteroatoms. The monoisotopic (exact) mass is 555 g/mol. The molecule has 0 spiro atoms. The van der Waals surface area contributed by atoms with Crippen molar-refractivity contribution in [2.45, 2.75) is 65.6 Å². The van der Waals surface area contributed by atoms with Crippen LogP contribution in [-0.2, 0) is 32.6 Å². The fourth-order valence-electron chi connectivity index (χ4n) is 3.84. The molecule has 7 nitrogen and oxygen atoms in total. The van der Waals surface area contributed by atoms with E-state index < -0.39 is 28.5 Å². The number of nitrogens with zero attached hydrogens (tertiary/aromatic N) is 2. The number of carbonyl (C=O) groups excluding carboxylic acids is 2. The van der Waals surface area contributed by atoms with Crippen LogP contribution in [0.1, 0.15) is 51.7 Å². The van der Waals surface area contributed by atoms with Crippen LogP contribution in [0.15, 0.2) is 42.5 Å². The van der Waals surface area contributed by atoms with Crippen LogP contribution in [0.4, 0.5) is 5.69 Å². The van der Waals surface area contributed by atoms with E-state index in [1.807, 2.05) is 39.8 Å². The highest BCUT2D eigenvalue weighted by Gasteiger charge is 2.32. The van der Waals surface area contributed by atoms with Crippen molar-refractivity contribution in [1.29, 1.82) is 0 Å². The number of carbonyl (C=O) groups is 2. The number of amides is 2. The Hall–Kier alpha value is -2.29. The molecule has 2 amide bonds. The van der Waals surface area contributed by atoms with E-state index in [0.29, 0.717) is 34.1 Å². The van der Waals surface area contributed by atoms with Crippen LogP contribution in [0, 0.1) is 0 Å². The molecule has 1 N–H and O–H groups in total. The standard InChI is InChI=1S/C26H35Cl2N3O4S/c1-6-18(4)29-26(33)23(8-3)30(16-19-13-14-21(27)22(28)15-19)25(32)17-31(36(5,34)35)24-12-10-9-11-20(24)7-2/h9-15,18,23H,6-8,16-17H2,1-5H3,(H,29,33)/t18-,23-/m1/s1. The highest BCUT2D eigenvalue weighted by atomic mass is 35.5. The Bertz CT molecular complexity index is 1170. The highest BCUT2D eigenvalue weighted by Crippen LogP contribution is 2.26. The maximum absolute atomic E-state index is 13.8. The van der Waals surface area contributed by atoms with E-state index in [1.165, 1.54) is 4.90 Å². The van der Waals surface area contributed by atoms with Gasteiger partial charge in [0, 0.05) is 12.6 Å². The third-order valence-corrected chi connectivity index (χ3v) is 7.91. The minimum absolute atomic E-state index is 0.0647. The molecule has 2 aromatic carbocycles. The molecule has 0 aliphatic heterocycles. The molecule has 0 aromatic heterocycles. The Kier molecular flexibility index (Phi) is 11.1. The maximum atomic E-state index is 13.8. The van der Waals surface area contributed by atoms with E-state index in [-0.39, 0.29) is 18.5 Å². The van der Waals surface area contributed by atoms with E-state index in [1.54, 1.807) is 30.3 Å². The molecule has 0 heterocycles. The largest absolute Gasteiger partial charge is 0.352 e. The summed E-state index contributed by atoms with van der Waals surface area (Å²) in [5.41, 5.74) is 1.92. The Morgan fingerprint density at radius 2 is 1.67 bits per heavy atom. The van der Waals surface area contributed by atoms with E-state index in [0.717, 1.165) is 22.5 Å². The van der Waals surface area contributed by atoms with Crippen LogP contribution >= 0.6 is 23.2 Å². The Morgan fingerprint density at radius 3 is 2.22 bits per heavy atom. The van der Waals surface area contributed by atoms with E-state index in [2.05, 4.69) is 5.32 Å². The smallest absolute Gasteiger partial charge is 0.244 e. The second-order valence-electron chi connectivity index (χ2n) is 8.76. The van der Waals surface area contributed by atoms with Gasteiger partial charge in [0.15, 0.2) is 0 Å². The third kappa shape index (κ3) is 7.85. The first-order valence-corrected chi connectivity index (χ1v) is 14.6. The van der Waals surface area contributed by atoms with Gasteiger partial charge in [0.1, 0.15) is 12.6 Å². The van der Waals surface area contributed by atoms with E-state index >= 15 is 0 Å². The number of benzene rings is 2. The summed E-state index contributed by atoms with van der Waals surface area (Å²) < 4.78 is 26.7. The normalized spacial score (nSPS) is 13.1. The number of hydrogen-bond acceptors (Lipinski definition) is 4. The number of halogens is 2. The van der Waals surface area contributed by atoms with Gasteiger partial charge in [-0.1, -0.05) is 68.2 Å². The molecule has 198 valence electrons. The Morgan fingerprint density at radius 1 is 1.00 bits per heavy atom. The molecule has 2 rings (SSSR count). The van der Waals surface area contributed by atoms with Gasteiger partial charge in [-0.25, -0.2) is 8.42 Å². The first-order chi connectivity index (χ1) is 16.9. The second-order valence-corrected chi connectivity index (χ2v) is 11.5. The fourth-order valence-corrected chi connectivity index (χ4v) is 5.04. The van der Waals surface area contributed by atoms with Crippen molar-refractivity contribution in [2.75, 3.05) is 17.1 Å². The van der Waals surface area contributed by atoms with Gasteiger partial charge in [0.05, 0.1) is 22.0 Å². The molecule has 0 fully saturated rings. The van der Waals surface area contributed by atoms with Gasteiger partial charge in [-0.3, -0.25) is 13.9 Å². The minimum Gasteiger partial charge on any atom is -0.352 e. The van der Waals surface area contributed by atoms with Crippen LogP contribution in [0.2, 0.25) is 10.0 Å². The first kappa shape index (κ1) is 29.9. The van der Waals surface area contributed by atoms with Crippen molar-refractivity contribution in [2.24, 2.45) is 0 Å². The number of sulfonamides is 1. The average Bonchev–Trinajstić information content (AvgIpc) is 2.83. The third-order valence-electron chi connectivity index (χ3n) is 6.04. The number of para-hydroxylation sites is 1. The molecule has 0 radical (unpaired) electrons. The molecule has 36 heavy (non-hydrogen) atoms. The van der Waals surface area contributed by atoms with E-state index in [9.17, 15) is 18.0 Å². The number of anilines is 1. The van der Waals surface area contributed by atoms with Crippen molar-refractivity contribution in [3.63, 3.8) is 0 Å². The van der Waals surface area contributed by atoms with E-state index in [4.69, 9.17) is 23.2 Å². The summed E-state index contributed by atoms with van der Waals surface area (Å²) in [4.78, 5) is 28.4. The number of aryl methyl sites for hydroxylation is 1. The fraction of sp³-hybridized carbons (Fsp3) is 0.462. The van der Waals surface area contributed by atoms with Crippen LogP contribution in [-0.4, -0.2) is 50.0 Å². The van der Waals surface area contributed by atoms with Crippen molar-refractivity contribution in [3.05, 3.63) is 63.6 Å². The van der Waals surface area contributed by atoms with Gasteiger partial charge >= 0.3 is 0 Å². The summed E-state index contributed by atoms with van der Waals surface area (Å²) in [6.07, 6.45) is 2.75. The summed E-state index contributed by atoms with van der Waals surface area (Å²) in [5, 5.41) is 3.65. The molecule has 2 aromatic rings.